The van der Waals surface area contributed by atoms with E-state index in [2.05, 4.69) is 0 Å². The zero-order valence-corrected chi connectivity index (χ0v) is 8.77. The third kappa shape index (κ3) is 2.11. The third-order valence-electron chi connectivity index (χ3n) is 2.51. The fourth-order valence-electron chi connectivity index (χ4n) is 1.51. The summed E-state index contributed by atoms with van der Waals surface area (Å²) in [5.41, 5.74) is 4.22. The molecular formula is C12H6B4. The van der Waals surface area contributed by atoms with Crippen molar-refractivity contribution >= 4 is 53.2 Å². The smallest absolute Gasteiger partial charge is 0.104 e. The van der Waals surface area contributed by atoms with Gasteiger partial charge in [-0.25, -0.2) is 0 Å². The Morgan fingerprint density at radius 1 is 0.500 bits per heavy atom. The van der Waals surface area contributed by atoms with Crippen molar-refractivity contribution in [3.63, 3.8) is 0 Å². The highest BCUT2D eigenvalue weighted by molar-refractivity contribution is 6.49. The van der Waals surface area contributed by atoms with E-state index >= 15 is 0 Å². The maximum atomic E-state index is 5.74. The molecule has 0 saturated heterocycles. The van der Waals surface area contributed by atoms with Gasteiger partial charge in [-0.15, -0.1) is 21.9 Å². The van der Waals surface area contributed by atoms with Crippen LogP contribution in [0, 0.1) is 0 Å². The van der Waals surface area contributed by atoms with Gasteiger partial charge >= 0.3 is 0 Å². The van der Waals surface area contributed by atoms with Gasteiger partial charge in [-0.05, 0) is 11.1 Å². The van der Waals surface area contributed by atoms with E-state index in [4.69, 9.17) is 31.4 Å². The van der Waals surface area contributed by atoms with E-state index in [1.807, 2.05) is 24.3 Å². The zero-order chi connectivity index (χ0) is 11.7. The molecule has 0 amide bonds. The fourth-order valence-corrected chi connectivity index (χ4v) is 1.51. The molecule has 66 valence electrons. The molecule has 0 aliphatic heterocycles. The van der Waals surface area contributed by atoms with E-state index in [9.17, 15) is 0 Å². The van der Waals surface area contributed by atoms with E-state index < -0.39 is 0 Å². The predicted molar refractivity (Wildman–Crippen MR) is 73.4 cm³/mol. The van der Waals surface area contributed by atoms with Gasteiger partial charge in [-0.1, -0.05) is 36.4 Å². The first-order valence-electron chi connectivity index (χ1n) is 4.88. The van der Waals surface area contributed by atoms with Crippen LogP contribution in [0.5, 0.6) is 0 Å². The van der Waals surface area contributed by atoms with Gasteiger partial charge in [-0.3, -0.25) is 0 Å². The first kappa shape index (κ1) is 11.2. The summed E-state index contributed by atoms with van der Waals surface area (Å²) in [7, 11) is 22.8. The van der Waals surface area contributed by atoms with Crippen LogP contribution in [-0.4, -0.2) is 31.4 Å². The fraction of sp³-hybridized carbons (Fsp3) is 0. The Hall–Kier alpha value is -1.30. The molecule has 16 heavy (non-hydrogen) atoms. The molecule has 0 nitrogen and oxygen atoms in total. The average molecular weight is 193 g/mol. The molecule has 8 radical (unpaired) electrons. The first-order valence-corrected chi connectivity index (χ1v) is 4.88. The van der Waals surface area contributed by atoms with Crippen molar-refractivity contribution in [3.05, 3.63) is 36.4 Å². The van der Waals surface area contributed by atoms with E-state index in [-0.39, 0.29) is 0 Å². The molecule has 2 aromatic carbocycles. The molecule has 2 rings (SSSR count). The summed E-state index contributed by atoms with van der Waals surface area (Å²) in [6.07, 6.45) is 0. The third-order valence-corrected chi connectivity index (χ3v) is 2.51. The summed E-state index contributed by atoms with van der Waals surface area (Å²) >= 11 is 0. The molecule has 2 aromatic rings. The lowest BCUT2D eigenvalue weighted by Gasteiger charge is -2.08. The summed E-state index contributed by atoms with van der Waals surface area (Å²) in [6.45, 7) is 0. The van der Waals surface area contributed by atoms with Crippen LogP contribution in [0.2, 0.25) is 0 Å². The van der Waals surface area contributed by atoms with Crippen LogP contribution < -0.4 is 21.9 Å². The lowest BCUT2D eigenvalue weighted by Crippen LogP contribution is -2.26. The van der Waals surface area contributed by atoms with Crippen LogP contribution in [0.3, 0.4) is 0 Å². The van der Waals surface area contributed by atoms with Crippen molar-refractivity contribution in [3.8, 4) is 11.1 Å². The molecule has 0 aliphatic carbocycles. The lowest BCUT2D eigenvalue weighted by molar-refractivity contribution is 1.70. The number of benzene rings is 2. The van der Waals surface area contributed by atoms with Crippen molar-refractivity contribution in [2.75, 3.05) is 0 Å². The van der Waals surface area contributed by atoms with Crippen LogP contribution >= 0.6 is 0 Å². The topological polar surface area (TPSA) is 0 Å². The summed E-state index contributed by atoms with van der Waals surface area (Å²) in [6, 6.07) is 11.0. The Kier molecular flexibility index (Phi) is 3.00. The van der Waals surface area contributed by atoms with Gasteiger partial charge in [0.2, 0.25) is 0 Å². The van der Waals surface area contributed by atoms with Crippen LogP contribution in [0.15, 0.2) is 36.4 Å². The molecular weight excluding hydrogens is 187 g/mol. The highest BCUT2D eigenvalue weighted by Gasteiger charge is 2.00. The minimum Gasteiger partial charge on any atom is -0.104 e. The highest BCUT2D eigenvalue weighted by Crippen LogP contribution is 2.14. The molecule has 0 spiro atoms. The maximum absolute atomic E-state index is 5.74. The molecule has 0 fully saturated rings. The minimum absolute atomic E-state index is 0.563. The molecule has 0 saturated carbocycles. The Balaban J connectivity index is 2.50. The van der Waals surface area contributed by atoms with Gasteiger partial charge in [0.15, 0.2) is 0 Å². The standard InChI is InChI=1S/C12H6B4/c13-9-3-1-7(5-11(9)15)8-2-4-10(14)12(16)6-8/h1-6H. The second-order valence-corrected chi connectivity index (χ2v) is 3.69. The number of rotatable bonds is 1. The molecule has 4 heteroatoms. The molecule has 0 bridgehead atoms. The Morgan fingerprint density at radius 3 is 1.19 bits per heavy atom. The van der Waals surface area contributed by atoms with Crippen LogP contribution in [0.25, 0.3) is 11.1 Å². The molecule has 0 aromatic heterocycles. The van der Waals surface area contributed by atoms with Crippen molar-refractivity contribution in [2.24, 2.45) is 0 Å². The Labute approximate surface area is 101 Å². The SMILES string of the molecule is [B]c1ccc(-c2ccc([B])c([B])c2)cc1[B]. The molecule has 0 heterocycles. The van der Waals surface area contributed by atoms with Crippen LogP contribution in [-0.2, 0) is 0 Å². The van der Waals surface area contributed by atoms with Gasteiger partial charge in [0, 0.05) is 0 Å². The number of hydrogen-bond acceptors (Lipinski definition) is 0. The average Bonchev–Trinajstić information content (AvgIpc) is 2.26. The molecule has 0 aliphatic rings. The minimum atomic E-state index is 0.563. The van der Waals surface area contributed by atoms with E-state index in [1.54, 1.807) is 12.1 Å². The highest BCUT2D eigenvalue weighted by atomic mass is 14.0. The normalized spacial score (nSPS) is 10.2. The van der Waals surface area contributed by atoms with Crippen LogP contribution in [0.4, 0.5) is 0 Å². The van der Waals surface area contributed by atoms with Gasteiger partial charge in [-0.2, -0.15) is 0 Å². The van der Waals surface area contributed by atoms with Gasteiger partial charge < -0.3 is 0 Å². The summed E-state index contributed by atoms with van der Waals surface area (Å²) in [5, 5.41) is 0. The molecule has 0 N–H and O–H groups in total. The summed E-state index contributed by atoms with van der Waals surface area (Å²) in [5.74, 6) is 0. The largest absolute Gasteiger partial charge is 0.113 e. The maximum Gasteiger partial charge on any atom is 0.113 e. The quantitative estimate of drug-likeness (QED) is 0.485. The van der Waals surface area contributed by atoms with Gasteiger partial charge in [0.1, 0.15) is 31.4 Å². The Morgan fingerprint density at radius 2 is 0.875 bits per heavy atom. The second kappa shape index (κ2) is 4.29. The summed E-state index contributed by atoms with van der Waals surface area (Å²) in [4.78, 5) is 0. The monoisotopic (exact) mass is 194 g/mol. The Bertz CT molecular complexity index is 485. The lowest BCUT2D eigenvalue weighted by atomic mass is 9.77. The summed E-state index contributed by atoms with van der Waals surface area (Å²) < 4.78 is 0. The van der Waals surface area contributed by atoms with Gasteiger partial charge in [0.05, 0.1) is 0 Å². The molecule has 0 atom stereocenters. The van der Waals surface area contributed by atoms with Crippen molar-refractivity contribution in [1.82, 2.24) is 0 Å². The first-order chi connectivity index (χ1) is 7.58. The van der Waals surface area contributed by atoms with Crippen molar-refractivity contribution < 1.29 is 0 Å². The van der Waals surface area contributed by atoms with Crippen LogP contribution in [0.1, 0.15) is 0 Å². The van der Waals surface area contributed by atoms with E-state index in [1.165, 1.54) is 0 Å². The van der Waals surface area contributed by atoms with Gasteiger partial charge in [0.25, 0.3) is 0 Å². The predicted octanol–water partition coefficient (Wildman–Crippen LogP) is -1.47. The van der Waals surface area contributed by atoms with E-state index in [0.29, 0.717) is 21.9 Å². The zero-order valence-electron chi connectivity index (χ0n) is 8.77. The van der Waals surface area contributed by atoms with Crippen molar-refractivity contribution in [1.29, 1.82) is 0 Å². The van der Waals surface area contributed by atoms with Crippen molar-refractivity contribution in [2.45, 2.75) is 0 Å². The number of hydrogen-bond donors (Lipinski definition) is 0. The second-order valence-electron chi connectivity index (χ2n) is 3.69. The molecule has 0 unspecified atom stereocenters. The van der Waals surface area contributed by atoms with E-state index in [0.717, 1.165) is 11.1 Å².